The third-order valence-electron chi connectivity index (χ3n) is 9.17. The van der Waals surface area contributed by atoms with Crippen LogP contribution in [0.4, 0.5) is 5.69 Å². The first-order valence-electron chi connectivity index (χ1n) is 12.5. The Morgan fingerprint density at radius 3 is 2.56 bits per heavy atom. The van der Waals surface area contributed by atoms with Crippen LogP contribution in [0, 0.1) is 28.6 Å². The van der Waals surface area contributed by atoms with Gasteiger partial charge in [-0.3, -0.25) is 4.79 Å². The van der Waals surface area contributed by atoms with Crippen molar-refractivity contribution in [3.63, 3.8) is 0 Å². The molecule has 176 valence electrons. The van der Waals surface area contributed by atoms with E-state index in [1.54, 1.807) is 25.4 Å². The summed E-state index contributed by atoms with van der Waals surface area (Å²) in [7, 11) is 3.28. The van der Waals surface area contributed by atoms with Crippen molar-refractivity contribution in [1.29, 1.82) is 0 Å². The molecule has 0 bridgehead atoms. The molecule has 1 saturated carbocycles. The quantitative estimate of drug-likeness (QED) is 0.502. The number of nitrogens with one attached hydrogen (secondary N) is 1. The van der Waals surface area contributed by atoms with E-state index in [1.165, 1.54) is 32.1 Å². The number of anilines is 1. The van der Waals surface area contributed by atoms with E-state index in [4.69, 9.17) is 9.47 Å². The highest BCUT2D eigenvalue weighted by molar-refractivity contribution is 5.97. The van der Waals surface area contributed by atoms with Gasteiger partial charge < -0.3 is 14.8 Å². The van der Waals surface area contributed by atoms with E-state index in [0.29, 0.717) is 23.1 Å². The highest BCUT2D eigenvalue weighted by Gasteiger charge is 2.56. The molecule has 0 spiro atoms. The lowest BCUT2D eigenvalue weighted by Gasteiger charge is -2.56. The summed E-state index contributed by atoms with van der Waals surface area (Å²) in [4.78, 5) is 13.8. The third kappa shape index (κ3) is 3.84. The standard InChI is InChI=1S/C28H41NO3/c1-18(2)19-8-11-22-20(16-19)9-13-25-27(22,3)14-7-15-28(25,4)26(30)29-23-17-21(31-5)10-12-24(23)32-6/h10,12,17-19,25H,7-9,11,13-16H2,1-6H3,(H,29,30)/t19?,25?,27?,28-/m1/s1. The van der Waals surface area contributed by atoms with E-state index >= 15 is 0 Å². The zero-order valence-electron chi connectivity index (χ0n) is 20.8. The van der Waals surface area contributed by atoms with Gasteiger partial charge in [0.25, 0.3) is 0 Å². The van der Waals surface area contributed by atoms with E-state index < -0.39 is 0 Å². The fourth-order valence-electron chi connectivity index (χ4n) is 7.20. The van der Waals surface area contributed by atoms with Gasteiger partial charge in [-0.25, -0.2) is 0 Å². The summed E-state index contributed by atoms with van der Waals surface area (Å²) < 4.78 is 10.9. The number of allylic oxidation sites excluding steroid dienone is 2. The maximum absolute atomic E-state index is 13.8. The van der Waals surface area contributed by atoms with Crippen LogP contribution in [0.15, 0.2) is 29.3 Å². The van der Waals surface area contributed by atoms with Gasteiger partial charge >= 0.3 is 0 Å². The second-order valence-corrected chi connectivity index (χ2v) is 11.1. The number of hydrogen-bond acceptors (Lipinski definition) is 3. The highest BCUT2D eigenvalue weighted by atomic mass is 16.5. The molecule has 1 amide bonds. The predicted octanol–water partition coefficient (Wildman–Crippen LogP) is 7.00. The number of amides is 1. The van der Waals surface area contributed by atoms with E-state index in [-0.39, 0.29) is 16.7 Å². The van der Waals surface area contributed by atoms with Crippen LogP contribution in [-0.2, 0) is 4.79 Å². The Bertz CT molecular complexity index is 904. The smallest absolute Gasteiger partial charge is 0.230 e. The molecule has 4 nitrogen and oxygen atoms in total. The molecule has 32 heavy (non-hydrogen) atoms. The van der Waals surface area contributed by atoms with Crippen LogP contribution in [0.25, 0.3) is 0 Å². The summed E-state index contributed by atoms with van der Waals surface area (Å²) in [6.07, 6.45) is 9.38. The number of hydrogen-bond donors (Lipinski definition) is 1. The van der Waals surface area contributed by atoms with Gasteiger partial charge in [0.2, 0.25) is 5.91 Å². The van der Waals surface area contributed by atoms with Crippen LogP contribution in [0.1, 0.15) is 79.1 Å². The zero-order chi connectivity index (χ0) is 23.1. The maximum Gasteiger partial charge on any atom is 0.230 e. The van der Waals surface area contributed by atoms with Crippen LogP contribution in [0.2, 0.25) is 0 Å². The fourth-order valence-corrected chi connectivity index (χ4v) is 7.20. The van der Waals surface area contributed by atoms with Gasteiger partial charge in [-0.15, -0.1) is 0 Å². The SMILES string of the molecule is COc1ccc(OC)c(NC(=O)[C@]2(C)CCCC3(C)C4=C(CCC32)CC(C(C)C)CC4)c1. The topological polar surface area (TPSA) is 47.6 Å². The van der Waals surface area contributed by atoms with Crippen molar-refractivity contribution in [2.75, 3.05) is 19.5 Å². The molecule has 1 N–H and O–H groups in total. The van der Waals surface area contributed by atoms with Gasteiger partial charge in [0.15, 0.2) is 0 Å². The Morgan fingerprint density at radius 1 is 1.09 bits per heavy atom. The number of rotatable bonds is 5. The minimum Gasteiger partial charge on any atom is -0.497 e. The van der Waals surface area contributed by atoms with Crippen molar-refractivity contribution >= 4 is 11.6 Å². The fraction of sp³-hybridized carbons (Fsp3) is 0.679. The van der Waals surface area contributed by atoms with Gasteiger partial charge in [0.05, 0.1) is 25.3 Å². The zero-order valence-corrected chi connectivity index (χ0v) is 20.8. The average molecular weight is 440 g/mol. The predicted molar refractivity (Wildman–Crippen MR) is 130 cm³/mol. The molecule has 4 atom stereocenters. The van der Waals surface area contributed by atoms with Crippen molar-refractivity contribution in [1.82, 2.24) is 0 Å². The van der Waals surface area contributed by atoms with E-state index in [2.05, 4.69) is 33.0 Å². The van der Waals surface area contributed by atoms with Gasteiger partial charge in [0, 0.05) is 6.07 Å². The van der Waals surface area contributed by atoms with Crippen LogP contribution >= 0.6 is 0 Å². The molecule has 0 saturated heterocycles. The first-order valence-corrected chi connectivity index (χ1v) is 12.5. The summed E-state index contributed by atoms with van der Waals surface area (Å²) >= 11 is 0. The molecule has 4 heteroatoms. The molecule has 1 aromatic carbocycles. The first-order chi connectivity index (χ1) is 15.2. The number of ether oxygens (including phenoxy) is 2. The Hall–Kier alpha value is -1.97. The van der Waals surface area contributed by atoms with Crippen molar-refractivity contribution in [2.24, 2.45) is 28.6 Å². The largest absolute Gasteiger partial charge is 0.497 e. The Kier molecular flexibility index (Phi) is 6.35. The van der Waals surface area contributed by atoms with E-state index in [1.807, 2.05) is 18.2 Å². The van der Waals surface area contributed by atoms with Gasteiger partial charge in [-0.1, -0.05) is 45.3 Å². The minimum atomic E-state index is -0.380. The average Bonchev–Trinajstić information content (AvgIpc) is 2.78. The summed E-state index contributed by atoms with van der Waals surface area (Å²) in [5, 5.41) is 3.23. The summed E-state index contributed by atoms with van der Waals surface area (Å²) in [5.74, 6) is 3.48. The molecule has 1 aromatic rings. The molecule has 0 heterocycles. The van der Waals surface area contributed by atoms with Crippen LogP contribution in [0.3, 0.4) is 0 Å². The van der Waals surface area contributed by atoms with Crippen molar-refractivity contribution in [3.05, 3.63) is 29.3 Å². The molecule has 3 aliphatic rings. The minimum absolute atomic E-state index is 0.125. The molecule has 0 aliphatic heterocycles. The number of carbonyl (C=O) groups is 1. The number of carbonyl (C=O) groups excluding carboxylic acids is 1. The highest BCUT2D eigenvalue weighted by Crippen LogP contribution is 2.62. The second-order valence-electron chi connectivity index (χ2n) is 11.1. The summed E-state index contributed by atoms with van der Waals surface area (Å²) in [6.45, 7) is 9.43. The van der Waals surface area contributed by atoms with Crippen molar-refractivity contribution in [2.45, 2.75) is 79.1 Å². The van der Waals surface area contributed by atoms with Crippen LogP contribution in [0.5, 0.6) is 11.5 Å². The van der Waals surface area contributed by atoms with Crippen LogP contribution < -0.4 is 14.8 Å². The molecule has 0 radical (unpaired) electrons. The molecule has 1 fully saturated rings. The first kappa shape index (κ1) is 23.2. The molecule has 3 aliphatic carbocycles. The lowest BCUT2D eigenvalue weighted by atomic mass is 9.48. The molecule has 0 aromatic heterocycles. The lowest BCUT2D eigenvalue weighted by Crippen LogP contribution is -2.52. The summed E-state index contributed by atoms with van der Waals surface area (Å²) in [5.41, 5.74) is 3.90. The third-order valence-corrected chi connectivity index (χ3v) is 9.17. The summed E-state index contributed by atoms with van der Waals surface area (Å²) in [6, 6.07) is 5.57. The van der Waals surface area contributed by atoms with Crippen molar-refractivity contribution in [3.8, 4) is 11.5 Å². The second kappa shape index (κ2) is 8.76. The maximum atomic E-state index is 13.8. The molecule has 4 rings (SSSR count). The number of fused-ring (bicyclic) bond motifs is 2. The molecular weight excluding hydrogens is 398 g/mol. The van der Waals surface area contributed by atoms with Gasteiger partial charge in [-0.05, 0) is 80.2 Å². The number of methoxy groups -OCH3 is 2. The van der Waals surface area contributed by atoms with Crippen molar-refractivity contribution < 1.29 is 14.3 Å². The normalized spacial score (nSPS) is 32.2. The van der Waals surface area contributed by atoms with Crippen LogP contribution in [-0.4, -0.2) is 20.1 Å². The van der Waals surface area contributed by atoms with Gasteiger partial charge in [-0.2, -0.15) is 0 Å². The Morgan fingerprint density at radius 2 is 1.88 bits per heavy atom. The van der Waals surface area contributed by atoms with E-state index in [0.717, 1.165) is 31.1 Å². The Labute approximate surface area is 194 Å². The molecule has 3 unspecified atom stereocenters. The Balaban J connectivity index is 1.62. The monoisotopic (exact) mass is 439 g/mol. The number of benzene rings is 1. The molecular formula is C28H41NO3. The van der Waals surface area contributed by atoms with E-state index in [9.17, 15) is 4.79 Å². The lowest BCUT2D eigenvalue weighted by molar-refractivity contribution is -0.135. The van der Waals surface area contributed by atoms with Gasteiger partial charge in [0.1, 0.15) is 11.5 Å².